The highest BCUT2D eigenvalue weighted by Crippen LogP contribution is 2.34. The van der Waals surface area contributed by atoms with E-state index in [-0.39, 0.29) is 6.61 Å². The summed E-state index contributed by atoms with van der Waals surface area (Å²) < 4.78 is 12.5. The van der Waals surface area contributed by atoms with Crippen molar-refractivity contribution in [3.8, 4) is 28.6 Å². The smallest absolute Gasteiger partial charge is 0.409 e. The molecule has 1 heterocycles. The van der Waals surface area contributed by atoms with Crippen LogP contribution in [0.25, 0.3) is 16.9 Å². The van der Waals surface area contributed by atoms with Crippen LogP contribution in [0.5, 0.6) is 11.6 Å². The number of benzene rings is 2. The van der Waals surface area contributed by atoms with Gasteiger partial charge in [-0.05, 0) is 38.1 Å². The molecule has 2 aromatic carbocycles. The monoisotopic (exact) mass is 367 g/mol. The highest BCUT2D eigenvalue weighted by molar-refractivity contribution is 5.76. The van der Waals surface area contributed by atoms with Gasteiger partial charge in [-0.15, -0.1) is 5.10 Å². The van der Waals surface area contributed by atoms with Gasteiger partial charge in [0.1, 0.15) is 12.4 Å². The molecular weight excluding hydrogens is 346 g/mol. The van der Waals surface area contributed by atoms with E-state index in [2.05, 4.69) is 5.10 Å². The van der Waals surface area contributed by atoms with Crippen molar-refractivity contribution < 1.29 is 19.4 Å². The number of aliphatic hydroxyl groups is 1. The van der Waals surface area contributed by atoms with Gasteiger partial charge in [0.05, 0.1) is 17.0 Å². The van der Waals surface area contributed by atoms with Gasteiger partial charge in [0, 0.05) is 11.6 Å². The van der Waals surface area contributed by atoms with Crippen LogP contribution < -0.4 is 15.2 Å². The summed E-state index contributed by atoms with van der Waals surface area (Å²) in [6, 6.07) is 18.2. The van der Waals surface area contributed by atoms with Gasteiger partial charge in [0.25, 0.3) is 0 Å². The first-order valence-electron chi connectivity index (χ1n) is 8.41. The molecule has 0 aliphatic heterocycles. The molecule has 1 aromatic heterocycles. The number of aromatic nitrogens is 2. The van der Waals surface area contributed by atoms with Gasteiger partial charge >= 0.3 is 6.09 Å². The van der Waals surface area contributed by atoms with Gasteiger partial charge in [0.2, 0.25) is 5.88 Å². The first kappa shape index (κ1) is 18.5. The third kappa shape index (κ3) is 4.65. The minimum atomic E-state index is -0.996. The summed E-state index contributed by atoms with van der Waals surface area (Å²) in [5, 5.41) is 14.4. The number of para-hydroxylation sites is 2. The van der Waals surface area contributed by atoms with Gasteiger partial charge in [-0.25, -0.2) is 9.48 Å². The largest absolute Gasteiger partial charge is 0.474 e. The van der Waals surface area contributed by atoms with Crippen molar-refractivity contribution in [3.63, 3.8) is 0 Å². The fourth-order valence-electron chi connectivity index (χ4n) is 2.51. The zero-order valence-electron chi connectivity index (χ0n) is 15.1. The number of carbonyl (C=O) groups excluding carboxylic acids is 1. The molecule has 3 aromatic rings. The maximum Gasteiger partial charge on any atom is 0.409 e. The highest BCUT2D eigenvalue weighted by Gasteiger charge is 2.19. The van der Waals surface area contributed by atoms with E-state index in [1.165, 1.54) is 0 Å². The lowest BCUT2D eigenvalue weighted by atomic mass is 10.1. The fourth-order valence-corrected chi connectivity index (χ4v) is 2.51. The van der Waals surface area contributed by atoms with Crippen LogP contribution >= 0.6 is 0 Å². The topological polar surface area (TPSA) is 99.6 Å². The molecule has 0 aliphatic rings. The Morgan fingerprint density at radius 1 is 1.15 bits per heavy atom. The van der Waals surface area contributed by atoms with Crippen LogP contribution in [-0.4, -0.2) is 33.2 Å². The van der Waals surface area contributed by atoms with Gasteiger partial charge in [-0.1, -0.05) is 30.3 Å². The lowest BCUT2D eigenvalue weighted by Gasteiger charge is -2.16. The fraction of sp³-hybridized carbons (Fsp3) is 0.200. The van der Waals surface area contributed by atoms with Crippen LogP contribution in [0.1, 0.15) is 13.8 Å². The van der Waals surface area contributed by atoms with Crippen molar-refractivity contribution >= 4 is 6.09 Å². The number of nitrogens with zero attached hydrogens (tertiary/aromatic N) is 2. The molecule has 27 heavy (non-hydrogen) atoms. The first-order chi connectivity index (χ1) is 12.8. The third-order valence-electron chi connectivity index (χ3n) is 3.63. The average molecular weight is 367 g/mol. The number of nitrogens with two attached hydrogens (primary N) is 1. The first-order valence-corrected chi connectivity index (χ1v) is 8.41. The summed E-state index contributed by atoms with van der Waals surface area (Å²) in [5.74, 6) is 0.654. The van der Waals surface area contributed by atoms with E-state index in [9.17, 15) is 9.90 Å². The summed E-state index contributed by atoms with van der Waals surface area (Å²) in [7, 11) is 0. The van der Waals surface area contributed by atoms with Crippen LogP contribution in [0, 0.1) is 0 Å². The summed E-state index contributed by atoms with van der Waals surface area (Å²) in [6.45, 7) is 3.38. The lowest BCUT2D eigenvalue weighted by molar-refractivity contribution is 0.0267. The molecule has 140 valence electrons. The van der Waals surface area contributed by atoms with E-state index in [1.54, 1.807) is 42.8 Å². The Balaban J connectivity index is 2.08. The molecule has 0 unspecified atom stereocenters. The Labute approximate surface area is 157 Å². The number of hydrogen-bond donors (Lipinski definition) is 2. The van der Waals surface area contributed by atoms with Gasteiger partial charge < -0.3 is 20.3 Å². The predicted octanol–water partition coefficient (Wildman–Crippen LogP) is 3.15. The molecule has 3 N–H and O–H groups in total. The van der Waals surface area contributed by atoms with Crippen molar-refractivity contribution in [1.82, 2.24) is 9.78 Å². The van der Waals surface area contributed by atoms with Gasteiger partial charge in [-0.3, -0.25) is 0 Å². The number of ether oxygens (including phenoxy) is 2. The zero-order valence-corrected chi connectivity index (χ0v) is 15.1. The van der Waals surface area contributed by atoms with Crippen LogP contribution in [0.15, 0.2) is 60.7 Å². The maximum absolute atomic E-state index is 11.3. The van der Waals surface area contributed by atoms with E-state index < -0.39 is 11.7 Å². The summed E-state index contributed by atoms with van der Waals surface area (Å²) in [5.41, 5.74) is 6.28. The van der Waals surface area contributed by atoms with Crippen molar-refractivity contribution in [2.24, 2.45) is 5.73 Å². The Morgan fingerprint density at radius 3 is 2.48 bits per heavy atom. The standard InChI is InChI=1S/C20H21N3O4/c1-20(2,25)13-26-18-12-16(23(22-18)14-8-4-3-5-9-14)15-10-6-7-11-17(15)27-19(21)24/h3-12,25H,13H2,1-2H3,(H2,21,24). The Kier molecular flexibility index (Phi) is 5.14. The molecule has 3 rings (SSSR count). The number of hydrogen-bond acceptors (Lipinski definition) is 5. The molecule has 1 amide bonds. The van der Waals surface area contributed by atoms with Crippen LogP contribution in [0.4, 0.5) is 4.79 Å². The Bertz CT molecular complexity index is 930. The highest BCUT2D eigenvalue weighted by atomic mass is 16.5. The molecule has 0 fully saturated rings. The number of amides is 1. The van der Waals surface area contributed by atoms with Crippen molar-refractivity contribution in [3.05, 3.63) is 60.7 Å². The molecule has 7 heteroatoms. The van der Waals surface area contributed by atoms with Crippen molar-refractivity contribution in [2.45, 2.75) is 19.4 Å². The number of carbonyl (C=O) groups is 1. The minimum absolute atomic E-state index is 0.0810. The Hall–Kier alpha value is -3.32. The quantitative estimate of drug-likeness (QED) is 0.697. The molecule has 0 aliphatic carbocycles. The normalized spacial score (nSPS) is 11.2. The number of primary amides is 1. The molecule has 0 spiro atoms. The average Bonchev–Trinajstić information content (AvgIpc) is 3.04. The molecule has 0 radical (unpaired) electrons. The maximum atomic E-state index is 11.3. The van der Waals surface area contributed by atoms with E-state index >= 15 is 0 Å². The second-order valence-electron chi connectivity index (χ2n) is 6.63. The number of rotatable bonds is 6. The molecule has 0 saturated carbocycles. The molecule has 0 saturated heterocycles. The van der Waals surface area contributed by atoms with E-state index in [1.807, 2.05) is 36.4 Å². The van der Waals surface area contributed by atoms with Crippen LogP contribution in [0.2, 0.25) is 0 Å². The Morgan fingerprint density at radius 2 is 1.81 bits per heavy atom. The summed E-state index contributed by atoms with van der Waals surface area (Å²) in [4.78, 5) is 11.3. The molecule has 0 atom stereocenters. The summed E-state index contributed by atoms with van der Waals surface area (Å²) in [6.07, 6.45) is -0.897. The second-order valence-corrected chi connectivity index (χ2v) is 6.63. The van der Waals surface area contributed by atoms with Gasteiger partial charge in [-0.2, -0.15) is 0 Å². The predicted molar refractivity (Wildman–Crippen MR) is 101 cm³/mol. The molecule has 7 nitrogen and oxygen atoms in total. The molecular formula is C20H21N3O4. The molecule has 0 bridgehead atoms. The zero-order chi connectivity index (χ0) is 19.4. The lowest BCUT2D eigenvalue weighted by Crippen LogP contribution is -2.28. The van der Waals surface area contributed by atoms with E-state index in [0.717, 1.165) is 5.69 Å². The minimum Gasteiger partial charge on any atom is -0.474 e. The van der Waals surface area contributed by atoms with Crippen LogP contribution in [-0.2, 0) is 0 Å². The SMILES string of the molecule is CC(C)(O)COc1cc(-c2ccccc2OC(N)=O)n(-c2ccccc2)n1. The van der Waals surface area contributed by atoms with Crippen molar-refractivity contribution in [2.75, 3.05) is 6.61 Å². The van der Waals surface area contributed by atoms with Gasteiger partial charge in [0.15, 0.2) is 0 Å². The summed E-state index contributed by atoms with van der Waals surface area (Å²) >= 11 is 0. The van der Waals surface area contributed by atoms with E-state index in [0.29, 0.717) is 22.9 Å². The van der Waals surface area contributed by atoms with Crippen molar-refractivity contribution in [1.29, 1.82) is 0 Å². The second kappa shape index (κ2) is 7.51. The third-order valence-corrected chi connectivity index (χ3v) is 3.63. The van der Waals surface area contributed by atoms with E-state index in [4.69, 9.17) is 15.2 Å². The van der Waals surface area contributed by atoms with Crippen LogP contribution in [0.3, 0.4) is 0 Å².